The van der Waals surface area contributed by atoms with Gasteiger partial charge in [-0.3, -0.25) is 9.10 Å². The number of rotatable bonds is 7. The number of carbonyl (C=O) groups excluding carboxylic acids is 1. The van der Waals surface area contributed by atoms with Gasteiger partial charge in [-0.15, -0.1) is 0 Å². The molecule has 0 aromatic heterocycles. The molecule has 1 heterocycles. The van der Waals surface area contributed by atoms with E-state index >= 15 is 0 Å². The third-order valence-electron chi connectivity index (χ3n) is 3.61. The normalized spacial score (nSPS) is 16.7. The molecule has 0 saturated carbocycles. The maximum atomic E-state index is 11.9. The fourth-order valence-electron chi connectivity index (χ4n) is 2.32. The van der Waals surface area contributed by atoms with Crippen LogP contribution < -0.4 is 9.62 Å². The van der Waals surface area contributed by atoms with Gasteiger partial charge in [-0.2, -0.15) is 11.8 Å². The average Bonchev–Trinajstić information content (AvgIpc) is 2.84. The molecule has 128 valence electrons. The zero-order valence-electron chi connectivity index (χ0n) is 13.6. The van der Waals surface area contributed by atoms with E-state index in [2.05, 4.69) is 19.2 Å². The molecule has 0 atom stereocenters. The van der Waals surface area contributed by atoms with Crippen LogP contribution in [0.1, 0.15) is 26.7 Å². The molecular formula is C16H24N2O3S2. The zero-order valence-corrected chi connectivity index (χ0v) is 15.3. The monoisotopic (exact) mass is 356 g/mol. The molecule has 1 aromatic rings. The second-order valence-electron chi connectivity index (χ2n) is 6.07. The Labute approximate surface area is 142 Å². The summed E-state index contributed by atoms with van der Waals surface area (Å²) in [5.74, 6) is 2.26. The maximum absolute atomic E-state index is 11.9. The van der Waals surface area contributed by atoms with Gasteiger partial charge in [0, 0.05) is 12.2 Å². The summed E-state index contributed by atoms with van der Waals surface area (Å²) in [7, 11) is -3.16. The average molecular weight is 357 g/mol. The molecule has 0 unspecified atom stereocenters. The van der Waals surface area contributed by atoms with Crippen molar-refractivity contribution in [3.63, 3.8) is 0 Å². The van der Waals surface area contributed by atoms with E-state index < -0.39 is 10.0 Å². The number of amides is 1. The summed E-state index contributed by atoms with van der Waals surface area (Å²) in [5.41, 5.74) is 1.35. The molecule has 1 fully saturated rings. The number of anilines is 2. The van der Waals surface area contributed by atoms with Crippen molar-refractivity contribution in [2.75, 3.05) is 33.4 Å². The van der Waals surface area contributed by atoms with Crippen molar-refractivity contribution in [2.45, 2.75) is 26.7 Å². The number of nitrogens with one attached hydrogen (secondary N) is 1. The standard InChI is InChI=1S/C16H24N2O3S2/c1-13(2)8-10-22-12-16(19)17-14-4-6-15(7-5-14)18-9-3-11-23(18,20)21/h4-7,13H,3,8-12H2,1-2H3,(H,17,19). The largest absolute Gasteiger partial charge is 0.325 e. The third-order valence-corrected chi connectivity index (χ3v) is 6.47. The van der Waals surface area contributed by atoms with Crippen molar-refractivity contribution in [3.8, 4) is 0 Å². The molecule has 0 spiro atoms. The maximum Gasteiger partial charge on any atom is 0.235 e. The van der Waals surface area contributed by atoms with Crippen molar-refractivity contribution in [2.24, 2.45) is 5.92 Å². The molecule has 1 N–H and O–H groups in total. The van der Waals surface area contributed by atoms with Crippen LogP contribution in [0, 0.1) is 5.92 Å². The van der Waals surface area contributed by atoms with E-state index in [1.165, 1.54) is 4.31 Å². The zero-order chi connectivity index (χ0) is 16.9. The number of thioether (sulfide) groups is 1. The minimum Gasteiger partial charge on any atom is -0.325 e. The lowest BCUT2D eigenvalue weighted by Gasteiger charge is -2.17. The Morgan fingerprint density at radius 3 is 2.57 bits per heavy atom. The first-order chi connectivity index (χ1) is 10.9. The summed E-state index contributed by atoms with van der Waals surface area (Å²) in [5, 5.41) is 2.84. The molecule has 7 heteroatoms. The van der Waals surface area contributed by atoms with Crippen molar-refractivity contribution in [3.05, 3.63) is 24.3 Å². The SMILES string of the molecule is CC(C)CCSCC(=O)Nc1ccc(N2CCCS2(=O)=O)cc1. The highest BCUT2D eigenvalue weighted by Gasteiger charge is 2.28. The molecule has 2 rings (SSSR count). The Kier molecular flexibility index (Phi) is 6.35. The summed E-state index contributed by atoms with van der Waals surface area (Å²) < 4.78 is 25.2. The van der Waals surface area contributed by atoms with Crippen molar-refractivity contribution < 1.29 is 13.2 Å². The lowest BCUT2D eigenvalue weighted by molar-refractivity contribution is -0.113. The number of benzene rings is 1. The highest BCUT2D eigenvalue weighted by atomic mass is 32.2. The Bertz CT molecular complexity index is 627. The number of hydrogen-bond donors (Lipinski definition) is 1. The summed E-state index contributed by atoms with van der Waals surface area (Å²) in [6.45, 7) is 4.87. The van der Waals surface area contributed by atoms with Crippen molar-refractivity contribution in [1.82, 2.24) is 0 Å². The second kappa shape index (κ2) is 8.06. The van der Waals surface area contributed by atoms with Crippen LogP contribution in [0.25, 0.3) is 0 Å². The van der Waals surface area contributed by atoms with Gasteiger partial charge in [0.1, 0.15) is 0 Å². The fraction of sp³-hybridized carbons (Fsp3) is 0.562. The van der Waals surface area contributed by atoms with Crippen LogP contribution >= 0.6 is 11.8 Å². The topological polar surface area (TPSA) is 66.5 Å². The van der Waals surface area contributed by atoms with E-state index in [1.807, 2.05) is 0 Å². The van der Waals surface area contributed by atoms with Gasteiger partial charge in [0.25, 0.3) is 0 Å². The van der Waals surface area contributed by atoms with E-state index in [0.717, 1.165) is 12.2 Å². The molecular weight excluding hydrogens is 332 g/mol. The van der Waals surface area contributed by atoms with Crippen molar-refractivity contribution >= 4 is 39.1 Å². The van der Waals surface area contributed by atoms with Crippen LogP contribution in [0.3, 0.4) is 0 Å². The molecule has 1 aliphatic rings. The number of hydrogen-bond acceptors (Lipinski definition) is 4. The Hall–Kier alpha value is -1.21. The van der Waals surface area contributed by atoms with Gasteiger partial charge in [-0.05, 0) is 48.8 Å². The van der Waals surface area contributed by atoms with E-state index in [0.29, 0.717) is 36.0 Å². The van der Waals surface area contributed by atoms with Gasteiger partial charge >= 0.3 is 0 Å². The second-order valence-corrected chi connectivity index (χ2v) is 9.19. The molecule has 1 aromatic carbocycles. The lowest BCUT2D eigenvalue weighted by atomic mass is 10.2. The predicted molar refractivity (Wildman–Crippen MR) is 97.6 cm³/mol. The summed E-state index contributed by atoms with van der Waals surface area (Å²) in [4.78, 5) is 11.9. The number of nitrogens with zero attached hydrogens (tertiary/aromatic N) is 1. The van der Waals surface area contributed by atoms with Crippen LogP contribution in [-0.4, -0.2) is 38.1 Å². The van der Waals surface area contributed by atoms with E-state index in [9.17, 15) is 13.2 Å². The van der Waals surface area contributed by atoms with Crippen LogP contribution in [0.5, 0.6) is 0 Å². The van der Waals surface area contributed by atoms with Crippen LogP contribution in [0.15, 0.2) is 24.3 Å². The first-order valence-electron chi connectivity index (χ1n) is 7.86. The minimum atomic E-state index is -3.16. The summed E-state index contributed by atoms with van der Waals surface area (Å²) in [6.07, 6.45) is 1.77. The highest BCUT2D eigenvalue weighted by Crippen LogP contribution is 2.25. The van der Waals surface area contributed by atoms with Crippen molar-refractivity contribution in [1.29, 1.82) is 0 Å². The first kappa shape index (κ1) is 18.1. The van der Waals surface area contributed by atoms with Gasteiger partial charge in [-0.1, -0.05) is 13.8 Å². The molecule has 1 amide bonds. The van der Waals surface area contributed by atoms with Gasteiger partial charge in [0.2, 0.25) is 15.9 Å². The van der Waals surface area contributed by atoms with Gasteiger partial charge in [0.15, 0.2) is 0 Å². The number of sulfonamides is 1. The summed E-state index contributed by atoms with van der Waals surface area (Å²) >= 11 is 1.63. The molecule has 5 nitrogen and oxygen atoms in total. The van der Waals surface area contributed by atoms with E-state index in [4.69, 9.17) is 0 Å². The molecule has 1 saturated heterocycles. The Morgan fingerprint density at radius 1 is 1.30 bits per heavy atom. The quantitative estimate of drug-likeness (QED) is 0.763. The van der Waals surface area contributed by atoms with Gasteiger partial charge in [-0.25, -0.2) is 8.42 Å². The van der Waals surface area contributed by atoms with E-state index in [1.54, 1.807) is 36.0 Å². The Balaban J connectivity index is 1.84. The summed E-state index contributed by atoms with van der Waals surface area (Å²) in [6, 6.07) is 6.98. The first-order valence-corrected chi connectivity index (χ1v) is 10.6. The molecule has 0 bridgehead atoms. The smallest absolute Gasteiger partial charge is 0.235 e. The predicted octanol–water partition coefficient (Wildman–Crippen LogP) is 2.94. The Morgan fingerprint density at radius 2 is 2.00 bits per heavy atom. The lowest BCUT2D eigenvalue weighted by Crippen LogP contribution is -2.25. The molecule has 1 aliphatic heterocycles. The highest BCUT2D eigenvalue weighted by molar-refractivity contribution is 7.99. The minimum absolute atomic E-state index is 0.0275. The molecule has 0 radical (unpaired) electrons. The third kappa shape index (κ3) is 5.42. The van der Waals surface area contributed by atoms with Crippen LogP contribution in [-0.2, 0) is 14.8 Å². The van der Waals surface area contributed by atoms with Gasteiger partial charge < -0.3 is 5.32 Å². The van der Waals surface area contributed by atoms with E-state index in [-0.39, 0.29) is 11.7 Å². The fourth-order valence-corrected chi connectivity index (χ4v) is 4.93. The molecule has 0 aliphatic carbocycles. The van der Waals surface area contributed by atoms with Crippen LogP contribution in [0.2, 0.25) is 0 Å². The number of carbonyl (C=O) groups is 1. The van der Waals surface area contributed by atoms with Gasteiger partial charge in [0.05, 0.1) is 17.2 Å². The molecule has 23 heavy (non-hydrogen) atoms. The van der Waals surface area contributed by atoms with Crippen LogP contribution in [0.4, 0.5) is 11.4 Å².